The first-order valence-electron chi connectivity index (χ1n) is 10.4. The van der Waals surface area contributed by atoms with E-state index in [0.29, 0.717) is 12.8 Å². The lowest BCUT2D eigenvalue weighted by Gasteiger charge is -2.26. The van der Waals surface area contributed by atoms with Crippen molar-refractivity contribution in [2.24, 2.45) is 0 Å². The van der Waals surface area contributed by atoms with Crippen LogP contribution in [0.4, 0.5) is 4.79 Å². The van der Waals surface area contributed by atoms with Gasteiger partial charge in [-0.1, -0.05) is 45.6 Å². The van der Waals surface area contributed by atoms with E-state index in [1.807, 2.05) is 13.8 Å². The highest BCUT2D eigenvalue weighted by Gasteiger charge is 2.34. The number of imide groups is 2. The Morgan fingerprint density at radius 1 is 0.935 bits per heavy atom. The molecular formula is C21H27N4O6-. The molecule has 1 fully saturated rings. The van der Waals surface area contributed by atoms with Crippen LogP contribution in [-0.2, 0) is 16.1 Å². The lowest BCUT2D eigenvalue weighted by molar-refractivity contribution is -0.280. The summed E-state index contributed by atoms with van der Waals surface area (Å²) in [6.07, 6.45) is 8.18. The molecule has 0 unspecified atom stereocenters. The molecule has 4 amide bonds. The molecule has 10 heteroatoms. The van der Waals surface area contributed by atoms with Crippen molar-refractivity contribution in [3.63, 3.8) is 0 Å². The number of nitrogens with one attached hydrogen (secondary N) is 2. The van der Waals surface area contributed by atoms with Gasteiger partial charge in [0.05, 0.1) is 0 Å². The summed E-state index contributed by atoms with van der Waals surface area (Å²) in [6, 6.07) is -0.773. The number of barbiturate groups is 1. The number of allylic oxidation sites excluding steroid dienone is 2. The molecule has 0 aromatic carbocycles. The Labute approximate surface area is 179 Å². The van der Waals surface area contributed by atoms with E-state index in [4.69, 9.17) is 0 Å². The average Bonchev–Trinajstić information content (AvgIpc) is 2.71. The van der Waals surface area contributed by atoms with Gasteiger partial charge >= 0.3 is 11.7 Å². The summed E-state index contributed by atoms with van der Waals surface area (Å²) >= 11 is 0. The summed E-state index contributed by atoms with van der Waals surface area (Å²) in [5.41, 5.74) is -2.20. The van der Waals surface area contributed by atoms with Crippen molar-refractivity contribution in [1.29, 1.82) is 0 Å². The summed E-state index contributed by atoms with van der Waals surface area (Å²) in [5, 5.41) is 14.6. The van der Waals surface area contributed by atoms with E-state index in [2.05, 4.69) is 10.3 Å². The number of unbranched alkanes of at least 4 members (excludes halogenated alkanes) is 4. The zero-order chi connectivity index (χ0) is 23.0. The molecule has 2 heterocycles. The maximum atomic E-state index is 12.5. The molecule has 0 atom stereocenters. The summed E-state index contributed by atoms with van der Waals surface area (Å²) in [6.45, 7) is 4.33. The molecule has 2 rings (SSSR count). The van der Waals surface area contributed by atoms with Crippen molar-refractivity contribution in [2.45, 2.75) is 58.9 Å². The van der Waals surface area contributed by atoms with Gasteiger partial charge in [0.1, 0.15) is 5.57 Å². The van der Waals surface area contributed by atoms with Gasteiger partial charge in [-0.3, -0.25) is 29.6 Å². The third-order valence-corrected chi connectivity index (χ3v) is 4.87. The zero-order valence-electron chi connectivity index (χ0n) is 17.7. The smallest absolute Gasteiger partial charge is 0.331 e. The first-order valence-corrected chi connectivity index (χ1v) is 10.4. The van der Waals surface area contributed by atoms with Gasteiger partial charge in [-0.25, -0.2) is 9.59 Å². The van der Waals surface area contributed by atoms with Crippen LogP contribution in [0.15, 0.2) is 27.3 Å². The van der Waals surface area contributed by atoms with Gasteiger partial charge in [-0.05, 0) is 30.9 Å². The Morgan fingerprint density at radius 3 is 2.23 bits per heavy atom. The normalized spacial score (nSPS) is 15.9. The topological polar surface area (TPSA) is 144 Å². The molecule has 0 saturated carbocycles. The molecule has 0 radical (unpaired) electrons. The molecule has 1 aliphatic heterocycles. The fourth-order valence-electron chi connectivity index (χ4n) is 3.11. The minimum Gasteiger partial charge on any atom is -0.859 e. The molecule has 168 valence electrons. The van der Waals surface area contributed by atoms with E-state index in [0.717, 1.165) is 47.3 Å². The second kappa shape index (κ2) is 11.1. The van der Waals surface area contributed by atoms with E-state index in [1.165, 1.54) is 6.08 Å². The number of nitrogens with zero attached hydrogens (tertiary/aromatic N) is 2. The van der Waals surface area contributed by atoms with Gasteiger partial charge in [0, 0.05) is 18.7 Å². The predicted molar refractivity (Wildman–Crippen MR) is 112 cm³/mol. The van der Waals surface area contributed by atoms with Crippen molar-refractivity contribution in [3.8, 4) is 5.88 Å². The van der Waals surface area contributed by atoms with E-state index in [9.17, 15) is 29.1 Å². The molecule has 1 aliphatic rings. The zero-order valence-corrected chi connectivity index (χ0v) is 17.7. The second-order valence-electron chi connectivity index (χ2n) is 7.20. The van der Waals surface area contributed by atoms with Gasteiger partial charge in [0.25, 0.3) is 17.4 Å². The van der Waals surface area contributed by atoms with E-state index in [1.54, 1.807) is 0 Å². The second-order valence-corrected chi connectivity index (χ2v) is 7.20. The van der Waals surface area contributed by atoms with Crippen LogP contribution in [0.2, 0.25) is 0 Å². The lowest BCUT2D eigenvalue weighted by Crippen LogP contribution is -2.54. The summed E-state index contributed by atoms with van der Waals surface area (Å²) in [4.78, 5) is 63.6. The lowest BCUT2D eigenvalue weighted by atomic mass is 10.1. The Morgan fingerprint density at radius 2 is 1.58 bits per heavy atom. The Balaban J connectivity index is 2.28. The third kappa shape index (κ3) is 5.80. The van der Waals surface area contributed by atoms with Gasteiger partial charge < -0.3 is 9.67 Å². The molecular weight excluding hydrogens is 404 g/mol. The van der Waals surface area contributed by atoms with Crippen LogP contribution >= 0.6 is 0 Å². The molecule has 1 saturated heterocycles. The van der Waals surface area contributed by atoms with Crippen LogP contribution in [0.5, 0.6) is 5.88 Å². The minimum absolute atomic E-state index is 0.180. The van der Waals surface area contributed by atoms with Gasteiger partial charge in [-0.2, -0.15) is 0 Å². The Kier molecular flexibility index (Phi) is 8.53. The minimum atomic E-state index is -0.854. The van der Waals surface area contributed by atoms with Crippen molar-refractivity contribution in [1.82, 2.24) is 19.8 Å². The fourth-order valence-corrected chi connectivity index (χ4v) is 3.11. The number of aromatic amines is 1. The predicted octanol–water partition coefficient (Wildman–Crippen LogP) is 1.01. The number of amides is 4. The van der Waals surface area contributed by atoms with Crippen LogP contribution in [0, 0.1) is 0 Å². The number of rotatable bonds is 10. The SMILES string of the molecule is CCCCCN1C(=O)NC(=O)/C(=C\C=C\c2c([O-])n(CCCCC)c(=O)[nH]c2=O)C1=O. The number of hydrogen-bond donors (Lipinski definition) is 2. The van der Waals surface area contributed by atoms with Crippen LogP contribution in [-0.4, -0.2) is 38.8 Å². The summed E-state index contributed by atoms with van der Waals surface area (Å²) < 4.78 is 0.955. The van der Waals surface area contributed by atoms with Crippen LogP contribution in [0.3, 0.4) is 0 Å². The maximum Gasteiger partial charge on any atom is 0.331 e. The van der Waals surface area contributed by atoms with E-state index < -0.39 is 35.0 Å². The highest BCUT2D eigenvalue weighted by Crippen LogP contribution is 2.14. The van der Waals surface area contributed by atoms with Crippen molar-refractivity contribution >= 4 is 23.9 Å². The molecule has 1 aromatic rings. The molecule has 0 aliphatic carbocycles. The largest absolute Gasteiger partial charge is 0.859 e. The molecule has 1 aromatic heterocycles. The third-order valence-electron chi connectivity index (χ3n) is 4.87. The Hall–Kier alpha value is -3.43. The number of aromatic nitrogens is 2. The first kappa shape index (κ1) is 23.8. The highest BCUT2D eigenvalue weighted by molar-refractivity contribution is 6.28. The van der Waals surface area contributed by atoms with Crippen LogP contribution in [0.1, 0.15) is 57.9 Å². The van der Waals surface area contributed by atoms with E-state index >= 15 is 0 Å². The fraction of sp³-hybridized carbons (Fsp3) is 0.476. The number of carbonyl (C=O) groups is 3. The van der Waals surface area contributed by atoms with Gasteiger partial charge in [-0.15, -0.1) is 0 Å². The van der Waals surface area contributed by atoms with Crippen molar-refractivity contribution in [2.75, 3.05) is 6.54 Å². The van der Waals surface area contributed by atoms with Crippen LogP contribution < -0.4 is 21.7 Å². The van der Waals surface area contributed by atoms with Crippen molar-refractivity contribution in [3.05, 3.63) is 44.1 Å². The number of urea groups is 1. The van der Waals surface area contributed by atoms with Crippen LogP contribution in [0.25, 0.3) is 6.08 Å². The quantitative estimate of drug-likeness (QED) is 0.321. The summed E-state index contributed by atoms with van der Waals surface area (Å²) in [7, 11) is 0. The Bertz CT molecular complexity index is 1020. The molecule has 31 heavy (non-hydrogen) atoms. The first-order chi connectivity index (χ1) is 14.8. The highest BCUT2D eigenvalue weighted by atomic mass is 16.3. The monoisotopic (exact) mass is 431 g/mol. The number of carbonyl (C=O) groups excluding carboxylic acids is 3. The number of H-pyrrole nitrogens is 1. The molecule has 10 nitrogen and oxygen atoms in total. The summed E-state index contributed by atoms with van der Waals surface area (Å²) in [5.74, 6) is -2.34. The molecule has 2 N–H and O–H groups in total. The standard InChI is InChI=1S/C21H28N4O6/c1-3-5-7-12-24-18(28)14(16(26)22-20(24)30)10-9-11-15-17(27)23-21(31)25(19(15)29)13-8-6-4-2/h9-11,28H,3-8,12-13H2,1-2H3,(H,22,26,30)(H,23,27,31)/p-1/b10-9+,15-11+. The molecule has 0 bridgehead atoms. The average molecular weight is 431 g/mol. The van der Waals surface area contributed by atoms with E-state index in [-0.39, 0.29) is 24.2 Å². The van der Waals surface area contributed by atoms with Crippen molar-refractivity contribution < 1.29 is 19.5 Å². The number of hydrogen-bond acceptors (Lipinski definition) is 6. The maximum absolute atomic E-state index is 12.5. The van der Waals surface area contributed by atoms with Gasteiger partial charge in [0.15, 0.2) is 0 Å². The molecule has 0 spiro atoms. The van der Waals surface area contributed by atoms with Gasteiger partial charge in [0.2, 0.25) is 0 Å².